The maximum atomic E-state index is 14.4. The van der Waals surface area contributed by atoms with E-state index >= 15 is 0 Å². The lowest BCUT2D eigenvalue weighted by molar-refractivity contribution is -0.103. The molecule has 0 aliphatic carbocycles. The summed E-state index contributed by atoms with van der Waals surface area (Å²) in [5, 5.41) is 14.1. The highest BCUT2D eigenvalue weighted by molar-refractivity contribution is 5.78. The lowest BCUT2D eigenvalue weighted by Crippen LogP contribution is -2.43. The van der Waals surface area contributed by atoms with Crippen LogP contribution < -0.4 is 0 Å². The van der Waals surface area contributed by atoms with Crippen LogP contribution >= 0.6 is 0 Å². The van der Waals surface area contributed by atoms with Crippen molar-refractivity contribution in [2.45, 2.75) is 59.1 Å². The summed E-state index contributed by atoms with van der Waals surface area (Å²) in [6.45, 7) is 13.6. The van der Waals surface area contributed by atoms with Crippen LogP contribution in [0.3, 0.4) is 0 Å². The Morgan fingerprint density at radius 1 is 1.18 bits per heavy atom. The number of aromatic nitrogens is 3. The Hall–Kier alpha value is -2.77. The predicted octanol–water partition coefficient (Wildman–Crippen LogP) is 5.56. The fourth-order valence-electron chi connectivity index (χ4n) is 4.04. The Kier molecular flexibility index (Phi) is 6.78. The zero-order valence-corrected chi connectivity index (χ0v) is 20.8. The second-order valence-electron chi connectivity index (χ2n) is 10.6. The van der Waals surface area contributed by atoms with Gasteiger partial charge in [-0.1, -0.05) is 26.8 Å². The third-order valence-electron chi connectivity index (χ3n) is 7.20. The minimum absolute atomic E-state index is 0.00170. The molecule has 3 aromatic rings. The second-order valence-corrected chi connectivity index (χ2v) is 10.6. The number of hydrogen-bond acceptors (Lipinski definition) is 5. The van der Waals surface area contributed by atoms with Crippen LogP contribution in [-0.2, 0) is 4.74 Å². The average Bonchev–Trinajstić information content (AvgIpc) is 3.40. The van der Waals surface area contributed by atoms with E-state index in [0.29, 0.717) is 17.3 Å². The highest BCUT2D eigenvalue weighted by atomic mass is 19.1. The molecule has 7 heteroatoms. The summed E-state index contributed by atoms with van der Waals surface area (Å²) in [5.74, 6) is -0.422. The van der Waals surface area contributed by atoms with Gasteiger partial charge in [0.1, 0.15) is 11.6 Å². The molecule has 0 amide bonds. The van der Waals surface area contributed by atoms with Gasteiger partial charge in [0.05, 0.1) is 24.1 Å². The van der Waals surface area contributed by atoms with Gasteiger partial charge in [0.15, 0.2) is 5.65 Å². The first kappa shape index (κ1) is 24.4. The van der Waals surface area contributed by atoms with Crippen molar-refractivity contribution >= 4 is 11.7 Å². The third-order valence-corrected chi connectivity index (χ3v) is 7.20. The highest BCUT2D eigenvalue weighted by Gasteiger charge is 2.35. The largest absolute Gasteiger partial charge is 0.508 e. The van der Waals surface area contributed by atoms with Crippen LogP contribution in [0.15, 0.2) is 42.7 Å². The van der Waals surface area contributed by atoms with E-state index in [4.69, 9.17) is 4.74 Å². The molecule has 0 radical (unpaired) electrons. The number of fused-ring (bicyclic) bond motifs is 1. The van der Waals surface area contributed by atoms with Crippen LogP contribution in [0, 0.1) is 11.2 Å². The first-order valence-corrected chi connectivity index (χ1v) is 11.9. The third kappa shape index (κ3) is 5.15. The van der Waals surface area contributed by atoms with E-state index in [2.05, 4.69) is 55.7 Å². The number of hydrogen-bond donors (Lipinski definition) is 1. The summed E-state index contributed by atoms with van der Waals surface area (Å²) in [4.78, 5) is 7.14. The predicted molar refractivity (Wildman–Crippen MR) is 133 cm³/mol. The molecule has 1 aliphatic heterocycles. The number of nitrogens with zero attached hydrogens (tertiary/aromatic N) is 4. The molecule has 2 aromatic heterocycles. The summed E-state index contributed by atoms with van der Waals surface area (Å²) in [5.41, 5.74) is 2.03. The van der Waals surface area contributed by atoms with Gasteiger partial charge < -0.3 is 9.84 Å². The number of benzene rings is 1. The van der Waals surface area contributed by atoms with Crippen molar-refractivity contribution in [3.05, 3.63) is 54.2 Å². The van der Waals surface area contributed by atoms with Crippen molar-refractivity contribution in [1.82, 2.24) is 19.5 Å². The van der Waals surface area contributed by atoms with Gasteiger partial charge >= 0.3 is 0 Å². The number of phenolic OH excluding ortho intramolecular Hbond substituents is 1. The molecule has 1 atom stereocenters. The van der Waals surface area contributed by atoms with Gasteiger partial charge in [-0.15, -0.1) is 0 Å². The normalized spacial score (nSPS) is 17.9. The van der Waals surface area contributed by atoms with Crippen molar-refractivity contribution in [3.63, 3.8) is 0 Å². The maximum Gasteiger partial charge on any atom is 0.163 e. The molecular weight excluding hydrogens is 431 g/mol. The Morgan fingerprint density at radius 2 is 1.97 bits per heavy atom. The Bertz CT molecular complexity index is 1180. The summed E-state index contributed by atoms with van der Waals surface area (Å²) in [6.07, 6.45) is 9.82. The van der Waals surface area contributed by atoms with E-state index in [1.165, 1.54) is 24.6 Å². The van der Waals surface area contributed by atoms with E-state index < -0.39 is 5.82 Å². The molecular formula is C27H35FN4O2. The number of rotatable bonds is 7. The van der Waals surface area contributed by atoms with Gasteiger partial charge in [-0.2, -0.15) is 5.10 Å². The van der Waals surface area contributed by atoms with Gasteiger partial charge in [-0.3, -0.25) is 4.90 Å². The summed E-state index contributed by atoms with van der Waals surface area (Å²) in [6, 6.07) is 6.27. The molecule has 182 valence electrons. The molecule has 1 aliphatic rings. The Balaban J connectivity index is 1.45. The second kappa shape index (κ2) is 9.47. The number of likely N-dealkylation sites (tertiary alicyclic amines) is 1. The maximum absolute atomic E-state index is 14.4. The minimum Gasteiger partial charge on any atom is -0.508 e. The fourth-order valence-corrected chi connectivity index (χ4v) is 4.04. The summed E-state index contributed by atoms with van der Waals surface area (Å²) in [7, 11) is 0. The van der Waals surface area contributed by atoms with Gasteiger partial charge in [-0.25, -0.2) is 13.9 Å². The van der Waals surface area contributed by atoms with E-state index in [1.807, 2.05) is 18.3 Å². The topological polar surface area (TPSA) is 62.9 Å². The first-order chi connectivity index (χ1) is 16.0. The molecule has 1 N–H and O–H groups in total. The molecule has 1 fully saturated rings. The SMILES string of the molecule is CC(C)(C)C(C)(C)OC[C@@H]1CCCN1C/C=C/c1ccn2ncc(-c3cc(O)ccc3F)c2n1. The van der Waals surface area contributed by atoms with Crippen LogP contribution in [-0.4, -0.2) is 55.9 Å². The molecule has 0 spiro atoms. The van der Waals surface area contributed by atoms with E-state index in [1.54, 1.807) is 10.7 Å². The quantitative estimate of drug-likeness (QED) is 0.494. The van der Waals surface area contributed by atoms with E-state index in [-0.39, 0.29) is 22.3 Å². The fraction of sp³-hybridized carbons (Fsp3) is 0.481. The van der Waals surface area contributed by atoms with Crippen LogP contribution in [0.2, 0.25) is 0 Å². The smallest absolute Gasteiger partial charge is 0.163 e. The molecule has 0 bridgehead atoms. The Morgan fingerprint density at radius 3 is 2.74 bits per heavy atom. The number of halogens is 1. The standard InChI is InChI=1S/C27H35FN4O2/c1-26(2,3)27(4,5)34-18-20-9-7-14-31(20)13-6-8-19-12-15-32-25(30-19)23(17-29-32)22-16-21(33)10-11-24(22)28/h6,8,10-12,15-17,20,33H,7,9,13-14,18H2,1-5H3/b8-6+/t20-/m0/s1. The van der Waals surface area contributed by atoms with Crippen molar-refractivity contribution in [2.75, 3.05) is 19.7 Å². The molecule has 1 saturated heterocycles. The van der Waals surface area contributed by atoms with Crippen molar-refractivity contribution in [2.24, 2.45) is 5.41 Å². The lowest BCUT2D eigenvalue weighted by Gasteiger charge is -2.40. The van der Waals surface area contributed by atoms with Crippen LogP contribution in [0.25, 0.3) is 22.9 Å². The minimum atomic E-state index is -0.424. The van der Waals surface area contributed by atoms with Crippen molar-refractivity contribution in [1.29, 1.82) is 0 Å². The van der Waals surface area contributed by atoms with E-state index in [9.17, 15) is 9.50 Å². The first-order valence-electron chi connectivity index (χ1n) is 11.9. The molecule has 1 aromatic carbocycles. The highest BCUT2D eigenvalue weighted by Crippen LogP contribution is 2.34. The molecule has 0 saturated carbocycles. The zero-order chi connectivity index (χ0) is 24.5. The number of ether oxygens (including phenoxy) is 1. The van der Waals surface area contributed by atoms with Crippen molar-refractivity contribution < 1.29 is 14.2 Å². The molecule has 4 rings (SSSR count). The van der Waals surface area contributed by atoms with E-state index in [0.717, 1.165) is 31.8 Å². The number of phenols is 1. The Labute approximate surface area is 201 Å². The van der Waals surface area contributed by atoms with Gasteiger partial charge in [-0.05, 0) is 69.0 Å². The van der Waals surface area contributed by atoms with Crippen molar-refractivity contribution in [3.8, 4) is 16.9 Å². The molecule has 6 nitrogen and oxygen atoms in total. The van der Waals surface area contributed by atoms with Crippen LogP contribution in [0.1, 0.15) is 53.2 Å². The molecule has 34 heavy (non-hydrogen) atoms. The van der Waals surface area contributed by atoms with Gasteiger partial charge in [0, 0.05) is 29.9 Å². The van der Waals surface area contributed by atoms with Gasteiger partial charge in [0.25, 0.3) is 0 Å². The van der Waals surface area contributed by atoms with Crippen LogP contribution in [0.5, 0.6) is 5.75 Å². The molecule has 0 unspecified atom stereocenters. The van der Waals surface area contributed by atoms with Gasteiger partial charge in [0.2, 0.25) is 0 Å². The molecule has 3 heterocycles. The summed E-state index contributed by atoms with van der Waals surface area (Å²) < 4.78 is 22.3. The average molecular weight is 467 g/mol. The summed E-state index contributed by atoms with van der Waals surface area (Å²) >= 11 is 0. The lowest BCUT2D eigenvalue weighted by atomic mass is 9.79. The monoisotopic (exact) mass is 466 g/mol. The van der Waals surface area contributed by atoms with Crippen LogP contribution in [0.4, 0.5) is 4.39 Å². The zero-order valence-electron chi connectivity index (χ0n) is 20.8. The number of aromatic hydroxyl groups is 1.